The molecular formula is C19H38O5Si. The first-order chi connectivity index (χ1) is 12.0. The van der Waals surface area contributed by atoms with Crippen LogP contribution in [0.5, 0.6) is 0 Å². The lowest BCUT2D eigenvalue weighted by Gasteiger charge is -2.30. The van der Waals surface area contributed by atoms with E-state index >= 15 is 0 Å². The summed E-state index contributed by atoms with van der Waals surface area (Å²) in [4.78, 5) is 11.4. The summed E-state index contributed by atoms with van der Waals surface area (Å²) in [6.45, 7) is 13.7. The van der Waals surface area contributed by atoms with Gasteiger partial charge in [-0.05, 0) is 32.6 Å². The van der Waals surface area contributed by atoms with Gasteiger partial charge in [-0.25, -0.2) is 4.79 Å². The molecule has 0 fully saturated rings. The molecule has 0 saturated heterocycles. The Bertz CT molecular complexity index is 322. The Hall–Kier alpha value is -0.693. The third kappa shape index (κ3) is 12.3. The zero-order chi connectivity index (χ0) is 19.0. The van der Waals surface area contributed by atoms with Crippen molar-refractivity contribution in [1.82, 2.24) is 0 Å². The van der Waals surface area contributed by atoms with Crippen LogP contribution in [0.25, 0.3) is 0 Å². The second-order valence-electron chi connectivity index (χ2n) is 6.28. The molecule has 0 N–H and O–H groups in total. The van der Waals surface area contributed by atoms with Crippen molar-refractivity contribution in [2.24, 2.45) is 0 Å². The minimum Gasteiger partial charge on any atom is -0.460 e. The van der Waals surface area contributed by atoms with E-state index in [-0.39, 0.29) is 6.10 Å². The number of carbonyl (C=O) groups excluding carboxylic acids is 1. The maximum atomic E-state index is 11.4. The summed E-state index contributed by atoms with van der Waals surface area (Å²) in [7, 11) is -2.75. The number of esters is 1. The van der Waals surface area contributed by atoms with Crippen LogP contribution in [0.3, 0.4) is 0 Å². The molecule has 1 unspecified atom stereocenters. The third-order valence-corrected chi connectivity index (χ3v) is 6.63. The summed E-state index contributed by atoms with van der Waals surface area (Å²) in [5.74, 6) is -0.398. The van der Waals surface area contributed by atoms with Crippen LogP contribution in [0.15, 0.2) is 12.7 Å². The Morgan fingerprint density at radius 2 is 1.40 bits per heavy atom. The van der Waals surface area contributed by atoms with E-state index in [9.17, 15) is 4.79 Å². The smallest absolute Gasteiger partial charge is 0.460 e. The van der Waals surface area contributed by atoms with Gasteiger partial charge < -0.3 is 18.0 Å². The van der Waals surface area contributed by atoms with E-state index in [2.05, 4.69) is 27.4 Å². The van der Waals surface area contributed by atoms with E-state index < -0.39 is 14.8 Å². The highest BCUT2D eigenvalue weighted by Crippen LogP contribution is 2.22. The number of rotatable bonds is 17. The Morgan fingerprint density at radius 1 is 0.960 bits per heavy atom. The summed E-state index contributed by atoms with van der Waals surface area (Å²) >= 11 is 0. The number of hydrogen-bond donors (Lipinski definition) is 0. The van der Waals surface area contributed by atoms with Gasteiger partial charge in [0.05, 0.1) is 6.10 Å². The van der Waals surface area contributed by atoms with Crippen molar-refractivity contribution in [1.29, 1.82) is 0 Å². The number of ether oxygens (including phenoxy) is 1. The second-order valence-corrected chi connectivity index (χ2v) is 9.01. The average Bonchev–Trinajstić information content (AvgIpc) is 2.60. The van der Waals surface area contributed by atoms with Crippen LogP contribution in [0.1, 0.15) is 72.6 Å². The first kappa shape index (κ1) is 24.3. The standard InChI is InChI=1S/C19H38O5Si/c1-6-10-14-21-25(22-15-11-7-2,23-16-12-8-3)17-13-18(5)24-19(20)9-4/h9,18H,4,6-8,10-17H2,1-3,5H3. The predicted octanol–water partition coefficient (Wildman–Crippen LogP) is 4.88. The van der Waals surface area contributed by atoms with E-state index in [1.54, 1.807) is 0 Å². The van der Waals surface area contributed by atoms with Crippen LogP contribution in [0.2, 0.25) is 6.04 Å². The Kier molecular flexibility index (Phi) is 15.1. The molecule has 0 amide bonds. The van der Waals surface area contributed by atoms with Crippen molar-refractivity contribution in [3.63, 3.8) is 0 Å². The van der Waals surface area contributed by atoms with Gasteiger partial charge in [-0.2, -0.15) is 0 Å². The molecule has 0 saturated carbocycles. The molecule has 6 heteroatoms. The Balaban J connectivity index is 4.84. The monoisotopic (exact) mass is 374 g/mol. The van der Waals surface area contributed by atoms with E-state index in [1.807, 2.05) is 6.92 Å². The normalized spacial score (nSPS) is 12.8. The van der Waals surface area contributed by atoms with Gasteiger partial charge in [0.1, 0.15) is 0 Å². The van der Waals surface area contributed by atoms with E-state index in [4.69, 9.17) is 18.0 Å². The average molecular weight is 375 g/mol. The molecule has 0 aromatic rings. The van der Waals surface area contributed by atoms with Crippen molar-refractivity contribution < 1.29 is 22.8 Å². The molecule has 0 aliphatic rings. The van der Waals surface area contributed by atoms with Crippen LogP contribution < -0.4 is 0 Å². The van der Waals surface area contributed by atoms with Crippen LogP contribution in [-0.4, -0.2) is 40.7 Å². The first-order valence-corrected chi connectivity index (χ1v) is 11.7. The summed E-state index contributed by atoms with van der Waals surface area (Å²) in [5.41, 5.74) is 0. The molecule has 0 bridgehead atoms. The van der Waals surface area contributed by atoms with Gasteiger partial charge in [-0.1, -0.05) is 46.6 Å². The van der Waals surface area contributed by atoms with E-state index in [1.165, 1.54) is 6.08 Å². The van der Waals surface area contributed by atoms with Crippen molar-refractivity contribution >= 4 is 14.8 Å². The Morgan fingerprint density at radius 3 is 1.76 bits per heavy atom. The van der Waals surface area contributed by atoms with Crippen molar-refractivity contribution in [2.75, 3.05) is 19.8 Å². The largest absolute Gasteiger partial charge is 0.501 e. The van der Waals surface area contributed by atoms with Gasteiger partial charge in [-0.15, -0.1) is 0 Å². The maximum absolute atomic E-state index is 11.4. The zero-order valence-corrected chi connectivity index (χ0v) is 17.7. The van der Waals surface area contributed by atoms with Crippen LogP contribution >= 0.6 is 0 Å². The highest BCUT2D eigenvalue weighted by Gasteiger charge is 2.41. The molecule has 0 spiro atoms. The van der Waals surface area contributed by atoms with Gasteiger partial charge in [0.2, 0.25) is 0 Å². The molecule has 1 atom stereocenters. The van der Waals surface area contributed by atoms with Gasteiger partial charge in [0.25, 0.3) is 0 Å². The van der Waals surface area contributed by atoms with E-state index in [0.717, 1.165) is 38.5 Å². The molecule has 0 heterocycles. The van der Waals surface area contributed by atoms with Gasteiger partial charge in [0, 0.05) is 31.9 Å². The first-order valence-electron chi connectivity index (χ1n) is 9.78. The molecule has 0 aliphatic carbocycles. The predicted molar refractivity (Wildman–Crippen MR) is 104 cm³/mol. The van der Waals surface area contributed by atoms with Crippen molar-refractivity contribution in [3.8, 4) is 0 Å². The van der Waals surface area contributed by atoms with Gasteiger partial charge in [0.15, 0.2) is 0 Å². The van der Waals surface area contributed by atoms with Crippen molar-refractivity contribution in [2.45, 2.75) is 84.8 Å². The molecule has 25 heavy (non-hydrogen) atoms. The van der Waals surface area contributed by atoms with E-state index in [0.29, 0.717) is 32.3 Å². The topological polar surface area (TPSA) is 54.0 Å². The lowest BCUT2D eigenvalue weighted by Crippen LogP contribution is -2.47. The number of carbonyl (C=O) groups is 1. The fourth-order valence-corrected chi connectivity index (χ4v) is 4.95. The van der Waals surface area contributed by atoms with Crippen molar-refractivity contribution in [3.05, 3.63) is 12.7 Å². The molecule has 0 aromatic carbocycles. The molecule has 0 radical (unpaired) electrons. The summed E-state index contributed by atoms with van der Waals surface area (Å²) in [5, 5.41) is 0. The SMILES string of the molecule is C=CC(=O)OC(C)CC[Si](OCCCC)(OCCCC)OCCCC. The summed E-state index contributed by atoms with van der Waals surface area (Å²) < 4.78 is 23.8. The fourth-order valence-electron chi connectivity index (χ4n) is 2.14. The molecule has 148 valence electrons. The highest BCUT2D eigenvalue weighted by molar-refractivity contribution is 6.60. The second kappa shape index (κ2) is 15.6. The zero-order valence-electron chi connectivity index (χ0n) is 16.7. The Labute approximate surface area is 155 Å². The van der Waals surface area contributed by atoms with Crippen LogP contribution in [0, 0.1) is 0 Å². The lowest BCUT2D eigenvalue weighted by atomic mass is 10.3. The number of unbranched alkanes of at least 4 members (excludes halogenated alkanes) is 3. The van der Waals surface area contributed by atoms with Crippen LogP contribution in [0.4, 0.5) is 0 Å². The quantitative estimate of drug-likeness (QED) is 0.157. The maximum Gasteiger partial charge on any atom is 0.501 e. The summed E-state index contributed by atoms with van der Waals surface area (Å²) in [6.07, 6.45) is 7.82. The van der Waals surface area contributed by atoms with Gasteiger partial charge >= 0.3 is 14.8 Å². The minimum absolute atomic E-state index is 0.211. The fraction of sp³-hybridized carbons (Fsp3) is 0.842. The molecule has 5 nitrogen and oxygen atoms in total. The lowest BCUT2D eigenvalue weighted by molar-refractivity contribution is -0.142. The van der Waals surface area contributed by atoms with Crippen LogP contribution in [-0.2, 0) is 22.8 Å². The van der Waals surface area contributed by atoms with Gasteiger partial charge in [-0.3, -0.25) is 0 Å². The molecule has 0 rings (SSSR count). The third-order valence-electron chi connectivity index (χ3n) is 3.80. The molecule has 0 aromatic heterocycles. The molecular weight excluding hydrogens is 336 g/mol. The number of hydrogen-bond acceptors (Lipinski definition) is 5. The molecule has 0 aliphatic heterocycles. The highest BCUT2D eigenvalue weighted by atomic mass is 28.4. The summed E-state index contributed by atoms with van der Waals surface area (Å²) in [6, 6.07) is 0.662. The minimum atomic E-state index is -2.75.